The second-order valence-corrected chi connectivity index (χ2v) is 8.05. The highest BCUT2D eigenvalue weighted by Crippen LogP contribution is 2.30. The van der Waals surface area contributed by atoms with Crippen LogP contribution >= 0.6 is 23.2 Å². The smallest absolute Gasteiger partial charge is 0.227 e. The van der Waals surface area contributed by atoms with E-state index in [0.717, 1.165) is 24.1 Å². The predicted molar refractivity (Wildman–Crippen MR) is 116 cm³/mol. The van der Waals surface area contributed by atoms with Gasteiger partial charge in [0.1, 0.15) is 5.75 Å². The van der Waals surface area contributed by atoms with Gasteiger partial charge in [0.25, 0.3) is 0 Å². The maximum atomic E-state index is 12.2. The maximum absolute atomic E-state index is 12.2. The Hall–Kier alpha value is -2.24. The van der Waals surface area contributed by atoms with Crippen LogP contribution in [0.15, 0.2) is 42.5 Å². The first kappa shape index (κ1) is 21.5. The monoisotopic (exact) mass is 434 g/mol. The first-order chi connectivity index (χ1) is 13.9. The Labute approximate surface area is 180 Å². The summed E-state index contributed by atoms with van der Waals surface area (Å²) in [5.74, 6) is 0.766. The van der Waals surface area contributed by atoms with Crippen LogP contribution in [-0.2, 0) is 9.59 Å². The van der Waals surface area contributed by atoms with Crippen molar-refractivity contribution < 1.29 is 14.3 Å². The fraction of sp³-hybridized carbons (Fsp3) is 0.364. The lowest BCUT2D eigenvalue weighted by Gasteiger charge is -2.15. The van der Waals surface area contributed by atoms with Crippen molar-refractivity contribution in [3.05, 3.63) is 58.1 Å². The number of hydrogen-bond donors (Lipinski definition) is 2. The van der Waals surface area contributed by atoms with Crippen molar-refractivity contribution in [2.24, 2.45) is 5.92 Å². The van der Waals surface area contributed by atoms with Crippen LogP contribution in [0.4, 0.5) is 5.69 Å². The van der Waals surface area contributed by atoms with Crippen LogP contribution in [0.3, 0.4) is 0 Å². The van der Waals surface area contributed by atoms with Gasteiger partial charge in [-0.3, -0.25) is 9.59 Å². The fourth-order valence-corrected chi connectivity index (χ4v) is 3.31. The van der Waals surface area contributed by atoms with E-state index in [4.69, 9.17) is 27.9 Å². The summed E-state index contributed by atoms with van der Waals surface area (Å²) in [7, 11) is 0. The molecule has 1 unspecified atom stereocenters. The number of halogens is 2. The summed E-state index contributed by atoms with van der Waals surface area (Å²) in [6, 6.07) is 12.5. The standard InChI is InChI=1S/C22H24Cl2N2O3/c1-14(15-6-9-18(10-7-15)26-22(28)16-4-5-16)25-21(27)3-2-12-29-20-11-8-17(23)13-19(20)24/h6-11,13-14,16H,2-5,12H2,1H3,(H,25,27)(H,26,28). The molecule has 2 aromatic rings. The largest absolute Gasteiger partial charge is 0.492 e. The number of carbonyl (C=O) groups is 2. The van der Waals surface area contributed by atoms with Crippen LogP contribution in [0.5, 0.6) is 5.75 Å². The molecule has 2 amide bonds. The Bertz CT molecular complexity index is 867. The molecule has 3 rings (SSSR count). The van der Waals surface area contributed by atoms with Gasteiger partial charge in [-0.2, -0.15) is 0 Å². The number of nitrogens with one attached hydrogen (secondary N) is 2. The Balaban J connectivity index is 1.38. The van der Waals surface area contributed by atoms with Gasteiger partial charge in [-0.1, -0.05) is 35.3 Å². The molecule has 0 aromatic heterocycles. The van der Waals surface area contributed by atoms with E-state index in [1.807, 2.05) is 31.2 Å². The molecule has 0 heterocycles. The molecule has 5 nitrogen and oxygen atoms in total. The SMILES string of the molecule is CC(NC(=O)CCCOc1ccc(Cl)cc1Cl)c1ccc(NC(=O)C2CC2)cc1. The molecule has 1 saturated carbocycles. The summed E-state index contributed by atoms with van der Waals surface area (Å²) in [4.78, 5) is 24.0. The number of rotatable bonds is 9. The van der Waals surface area contributed by atoms with Crippen molar-refractivity contribution >= 4 is 40.7 Å². The van der Waals surface area contributed by atoms with E-state index in [0.29, 0.717) is 35.2 Å². The Kier molecular flexibility index (Phi) is 7.40. The number of amides is 2. The van der Waals surface area contributed by atoms with Crippen molar-refractivity contribution in [2.45, 2.75) is 38.6 Å². The van der Waals surface area contributed by atoms with E-state index in [2.05, 4.69) is 10.6 Å². The van der Waals surface area contributed by atoms with Gasteiger partial charge in [0, 0.05) is 23.0 Å². The molecule has 0 spiro atoms. The lowest BCUT2D eigenvalue weighted by atomic mass is 10.1. The number of anilines is 1. The minimum Gasteiger partial charge on any atom is -0.492 e. The summed E-state index contributed by atoms with van der Waals surface area (Å²) < 4.78 is 5.59. The summed E-state index contributed by atoms with van der Waals surface area (Å²) in [5.41, 5.74) is 1.76. The van der Waals surface area contributed by atoms with E-state index < -0.39 is 0 Å². The van der Waals surface area contributed by atoms with Crippen LogP contribution in [0.25, 0.3) is 0 Å². The highest BCUT2D eigenvalue weighted by Gasteiger charge is 2.29. The molecule has 29 heavy (non-hydrogen) atoms. The summed E-state index contributed by atoms with van der Waals surface area (Å²) in [6.07, 6.45) is 2.88. The average Bonchev–Trinajstić information content (AvgIpc) is 3.52. The zero-order chi connectivity index (χ0) is 20.8. The highest BCUT2D eigenvalue weighted by atomic mass is 35.5. The molecule has 7 heteroatoms. The molecular formula is C22H24Cl2N2O3. The third kappa shape index (κ3) is 6.65. The van der Waals surface area contributed by atoms with Gasteiger partial charge in [0.2, 0.25) is 11.8 Å². The molecule has 1 aliphatic carbocycles. The second kappa shape index (κ2) is 9.99. The molecule has 1 aliphatic rings. The molecule has 1 fully saturated rings. The van der Waals surface area contributed by atoms with Crippen LogP contribution in [-0.4, -0.2) is 18.4 Å². The van der Waals surface area contributed by atoms with Crippen LogP contribution < -0.4 is 15.4 Å². The molecule has 2 N–H and O–H groups in total. The minimum atomic E-state index is -0.123. The Morgan fingerprint density at radius 1 is 1.14 bits per heavy atom. The second-order valence-electron chi connectivity index (χ2n) is 7.20. The maximum Gasteiger partial charge on any atom is 0.227 e. The molecule has 1 atom stereocenters. The number of benzene rings is 2. The van der Waals surface area contributed by atoms with Crippen molar-refractivity contribution in [1.82, 2.24) is 5.32 Å². The van der Waals surface area contributed by atoms with Gasteiger partial charge in [-0.15, -0.1) is 0 Å². The predicted octanol–water partition coefficient (Wildman–Crippen LogP) is 5.38. The molecule has 154 valence electrons. The summed E-state index contributed by atoms with van der Waals surface area (Å²) >= 11 is 11.9. The summed E-state index contributed by atoms with van der Waals surface area (Å²) in [6.45, 7) is 2.32. The topological polar surface area (TPSA) is 67.4 Å². The zero-order valence-electron chi connectivity index (χ0n) is 16.2. The van der Waals surface area contributed by atoms with Crippen LogP contribution in [0, 0.1) is 5.92 Å². The highest BCUT2D eigenvalue weighted by molar-refractivity contribution is 6.35. The van der Waals surface area contributed by atoms with E-state index in [1.165, 1.54) is 0 Å². The number of carbonyl (C=O) groups excluding carboxylic acids is 2. The van der Waals surface area contributed by atoms with E-state index in [1.54, 1.807) is 18.2 Å². The normalized spacial score (nSPS) is 14.2. The lowest BCUT2D eigenvalue weighted by molar-refractivity contribution is -0.122. The first-order valence-corrected chi connectivity index (χ1v) is 10.5. The summed E-state index contributed by atoms with van der Waals surface area (Å²) in [5, 5.41) is 6.89. The minimum absolute atomic E-state index is 0.0468. The molecule has 0 radical (unpaired) electrons. The zero-order valence-corrected chi connectivity index (χ0v) is 17.7. The van der Waals surface area contributed by atoms with Crippen molar-refractivity contribution in [3.8, 4) is 5.75 Å². The van der Waals surface area contributed by atoms with Gasteiger partial charge in [-0.25, -0.2) is 0 Å². The van der Waals surface area contributed by atoms with Gasteiger partial charge < -0.3 is 15.4 Å². The van der Waals surface area contributed by atoms with Gasteiger partial charge in [-0.05, 0) is 62.1 Å². The average molecular weight is 435 g/mol. The molecular weight excluding hydrogens is 411 g/mol. The van der Waals surface area contributed by atoms with Gasteiger partial charge in [0.15, 0.2) is 0 Å². The number of hydrogen-bond acceptors (Lipinski definition) is 3. The third-order valence-electron chi connectivity index (χ3n) is 4.70. The molecule has 0 saturated heterocycles. The van der Waals surface area contributed by atoms with Gasteiger partial charge >= 0.3 is 0 Å². The Morgan fingerprint density at radius 2 is 1.86 bits per heavy atom. The van der Waals surface area contributed by atoms with Crippen molar-refractivity contribution in [2.75, 3.05) is 11.9 Å². The number of ether oxygens (including phenoxy) is 1. The van der Waals surface area contributed by atoms with Gasteiger partial charge in [0.05, 0.1) is 17.7 Å². The van der Waals surface area contributed by atoms with Crippen molar-refractivity contribution in [3.63, 3.8) is 0 Å². The van der Waals surface area contributed by atoms with Crippen LogP contribution in [0.2, 0.25) is 10.0 Å². The van der Waals surface area contributed by atoms with Crippen molar-refractivity contribution in [1.29, 1.82) is 0 Å². The Morgan fingerprint density at radius 3 is 2.52 bits per heavy atom. The van der Waals surface area contributed by atoms with E-state index >= 15 is 0 Å². The fourth-order valence-electron chi connectivity index (χ4n) is 2.85. The first-order valence-electron chi connectivity index (χ1n) is 9.70. The van der Waals surface area contributed by atoms with Crippen LogP contribution in [0.1, 0.15) is 44.2 Å². The third-order valence-corrected chi connectivity index (χ3v) is 5.23. The lowest BCUT2D eigenvalue weighted by Crippen LogP contribution is -2.26. The van der Waals surface area contributed by atoms with E-state index in [9.17, 15) is 9.59 Å². The quantitative estimate of drug-likeness (QED) is 0.520. The van der Waals surface area contributed by atoms with E-state index in [-0.39, 0.29) is 23.8 Å². The molecule has 2 aromatic carbocycles. The molecule has 0 aliphatic heterocycles. The molecule has 0 bridgehead atoms.